The maximum atomic E-state index is 5.67. The standard InChI is InChI=1S/C23H35N3S/c1-16-8-6-13-22(17(16)2)25-23(27)24-18-14-20-11-7-12-21(15-18)26(20)19-9-4-3-5-10-19/h6,8,13,18-21H,3-5,7,9-12,14-15H2,1-2H3,(H2,24,25,27)/t18?,20-,21+. The highest BCUT2D eigenvalue weighted by molar-refractivity contribution is 7.80. The van der Waals surface area contributed by atoms with Gasteiger partial charge in [-0.3, -0.25) is 4.90 Å². The van der Waals surface area contributed by atoms with Crippen LogP contribution < -0.4 is 10.6 Å². The Bertz CT molecular complexity index is 654. The Hall–Kier alpha value is -1.13. The molecule has 3 aliphatic rings. The Morgan fingerprint density at radius 2 is 1.59 bits per heavy atom. The third-order valence-electron chi connectivity index (χ3n) is 7.22. The monoisotopic (exact) mass is 385 g/mol. The summed E-state index contributed by atoms with van der Waals surface area (Å²) < 4.78 is 0. The minimum atomic E-state index is 0.519. The summed E-state index contributed by atoms with van der Waals surface area (Å²) in [6.45, 7) is 4.31. The van der Waals surface area contributed by atoms with E-state index >= 15 is 0 Å². The Labute approximate surface area is 170 Å². The van der Waals surface area contributed by atoms with Crippen molar-refractivity contribution in [3.05, 3.63) is 29.3 Å². The third kappa shape index (κ3) is 4.32. The van der Waals surface area contributed by atoms with E-state index in [0.717, 1.165) is 28.9 Å². The van der Waals surface area contributed by atoms with Gasteiger partial charge in [0.2, 0.25) is 0 Å². The minimum Gasteiger partial charge on any atom is -0.360 e. The van der Waals surface area contributed by atoms with Gasteiger partial charge < -0.3 is 10.6 Å². The van der Waals surface area contributed by atoms with Gasteiger partial charge in [0.1, 0.15) is 0 Å². The largest absolute Gasteiger partial charge is 0.360 e. The molecule has 1 aromatic rings. The molecule has 3 nitrogen and oxygen atoms in total. The normalized spacial score (nSPS) is 29.3. The first-order valence-corrected chi connectivity index (χ1v) is 11.4. The molecule has 2 saturated heterocycles. The van der Waals surface area contributed by atoms with Crippen LogP contribution in [0.5, 0.6) is 0 Å². The highest BCUT2D eigenvalue weighted by atomic mass is 32.1. The fourth-order valence-corrected chi connectivity index (χ4v) is 6.02. The zero-order chi connectivity index (χ0) is 18.8. The molecule has 3 atom stereocenters. The molecule has 1 aromatic carbocycles. The summed E-state index contributed by atoms with van der Waals surface area (Å²) in [7, 11) is 0. The first-order valence-electron chi connectivity index (χ1n) is 11.0. The van der Waals surface area contributed by atoms with E-state index in [-0.39, 0.29) is 0 Å². The molecule has 3 fully saturated rings. The fraction of sp³-hybridized carbons (Fsp3) is 0.696. The Morgan fingerprint density at radius 1 is 0.926 bits per heavy atom. The predicted octanol–water partition coefficient (Wildman–Crippen LogP) is 5.31. The second-order valence-corrected chi connectivity index (χ2v) is 9.40. The number of hydrogen-bond donors (Lipinski definition) is 2. The molecule has 2 aliphatic heterocycles. The van der Waals surface area contributed by atoms with Gasteiger partial charge in [0.25, 0.3) is 0 Å². The minimum absolute atomic E-state index is 0.519. The molecule has 1 saturated carbocycles. The number of piperidine rings is 2. The third-order valence-corrected chi connectivity index (χ3v) is 7.44. The van der Waals surface area contributed by atoms with Crippen molar-refractivity contribution in [3.8, 4) is 0 Å². The number of nitrogens with zero attached hydrogens (tertiary/aromatic N) is 1. The molecule has 4 rings (SSSR count). The fourth-order valence-electron chi connectivity index (χ4n) is 5.74. The molecule has 0 spiro atoms. The second kappa shape index (κ2) is 8.48. The smallest absolute Gasteiger partial charge is 0.171 e. The Morgan fingerprint density at radius 3 is 2.30 bits per heavy atom. The summed E-state index contributed by atoms with van der Waals surface area (Å²) in [6, 6.07) is 9.28. The van der Waals surface area contributed by atoms with Gasteiger partial charge in [0.05, 0.1) is 0 Å². The second-order valence-electron chi connectivity index (χ2n) is 8.99. The van der Waals surface area contributed by atoms with Crippen molar-refractivity contribution in [1.82, 2.24) is 10.2 Å². The first kappa shape index (κ1) is 19.2. The lowest BCUT2D eigenvalue weighted by Crippen LogP contribution is -2.60. The molecule has 0 amide bonds. The van der Waals surface area contributed by atoms with Crippen molar-refractivity contribution in [2.75, 3.05) is 5.32 Å². The van der Waals surface area contributed by atoms with Crippen molar-refractivity contribution in [3.63, 3.8) is 0 Å². The van der Waals surface area contributed by atoms with Gasteiger partial charge in [0, 0.05) is 29.9 Å². The molecule has 1 unspecified atom stereocenters. The maximum Gasteiger partial charge on any atom is 0.171 e. The van der Waals surface area contributed by atoms with Crippen LogP contribution in [0.15, 0.2) is 18.2 Å². The number of fused-ring (bicyclic) bond motifs is 2. The molecular formula is C23H35N3S. The van der Waals surface area contributed by atoms with Crippen LogP contribution in [-0.2, 0) is 0 Å². The van der Waals surface area contributed by atoms with Crippen LogP contribution >= 0.6 is 12.2 Å². The molecule has 0 aromatic heterocycles. The summed E-state index contributed by atoms with van der Waals surface area (Å²) in [5, 5.41) is 7.89. The SMILES string of the molecule is Cc1cccc(NC(=S)NC2C[C@H]3CCC[C@@H](C2)N3C2CCCCC2)c1C. The van der Waals surface area contributed by atoms with Gasteiger partial charge >= 0.3 is 0 Å². The molecule has 2 heterocycles. The molecule has 1 aliphatic carbocycles. The van der Waals surface area contributed by atoms with Crippen LogP contribution in [0, 0.1) is 13.8 Å². The van der Waals surface area contributed by atoms with Crippen LogP contribution in [0.2, 0.25) is 0 Å². The van der Waals surface area contributed by atoms with Gasteiger partial charge in [-0.2, -0.15) is 0 Å². The number of nitrogens with one attached hydrogen (secondary N) is 2. The molecule has 2 bridgehead atoms. The maximum absolute atomic E-state index is 5.67. The summed E-state index contributed by atoms with van der Waals surface area (Å²) >= 11 is 5.67. The number of benzene rings is 1. The van der Waals surface area contributed by atoms with Gasteiger partial charge in [-0.15, -0.1) is 0 Å². The summed E-state index contributed by atoms with van der Waals surface area (Å²) in [6.07, 6.45) is 13.8. The highest BCUT2D eigenvalue weighted by Crippen LogP contribution is 2.39. The van der Waals surface area contributed by atoms with Crippen LogP contribution in [0.4, 0.5) is 5.69 Å². The summed E-state index contributed by atoms with van der Waals surface area (Å²) in [5.74, 6) is 0. The van der Waals surface area contributed by atoms with Crippen molar-refractivity contribution in [1.29, 1.82) is 0 Å². The zero-order valence-electron chi connectivity index (χ0n) is 17.0. The van der Waals surface area contributed by atoms with Crippen molar-refractivity contribution in [2.24, 2.45) is 0 Å². The molecule has 2 N–H and O–H groups in total. The lowest BCUT2D eigenvalue weighted by molar-refractivity contribution is -0.0195. The average Bonchev–Trinajstić information content (AvgIpc) is 2.65. The summed E-state index contributed by atoms with van der Waals surface area (Å²) in [5.41, 5.74) is 3.72. The topological polar surface area (TPSA) is 27.3 Å². The number of hydrogen-bond acceptors (Lipinski definition) is 2. The Kier molecular flexibility index (Phi) is 6.03. The van der Waals surface area contributed by atoms with Crippen LogP contribution in [0.3, 0.4) is 0 Å². The number of thiocarbonyl (C=S) groups is 1. The van der Waals surface area contributed by atoms with E-state index in [1.165, 1.54) is 75.3 Å². The molecule has 27 heavy (non-hydrogen) atoms. The van der Waals surface area contributed by atoms with Crippen LogP contribution in [0.1, 0.15) is 75.3 Å². The molecular weight excluding hydrogens is 350 g/mol. The number of anilines is 1. The van der Waals surface area contributed by atoms with E-state index in [1.807, 2.05) is 0 Å². The average molecular weight is 386 g/mol. The Balaban J connectivity index is 1.37. The quantitative estimate of drug-likeness (QED) is 0.690. The predicted molar refractivity (Wildman–Crippen MR) is 118 cm³/mol. The van der Waals surface area contributed by atoms with Gasteiger partial charge in [0.15, 0.2) is 5.11 Å². The first-order chi connectivity index (χ1) is 13.1. The molecule has 0 radical (unpaired) electrons. The van der Waals surface area contributed by atoms with E-state index in [9.17, 15) is 0 Å². The van der Waals surface area contributed by atoms with E-state index in [2.05, 4.69) is 47.6 Å². The van der Waals surface area contributed by atoms with Gasteiger partial charge in [-0.05, 0) is 81.8 Å². The van der Waals surface area contributed by atoms with E-state index in [1.54, 1.807) is 0 Å². The number of rotatable bonds is 3. The lowest BCUT2D eigenvalue weighted by Gasteiger charge is -2.53. The van der Waals surface area contributed by atoms with Crippen LogP contribution in [-0.4, -0.2) is 34.2 Å². The number of aryl methyl sites for hydroxylation is 1. The van der Waals surface area contributed by atoms with Crippen molar-refractivity contribution >= 4 is 23.0 Å². The van der Waals surface area contributed by atoms with E-state index in [0.29, 0.717) is 6.04 Å². The van der Waals surface area contributed by atoms with Crippen LogP contribution in [0.25, 0.3) is 0 Å². The van der Waals surface area contributed by atoms with E-state index < -0.39 is 0 Å². The van der Waals surface area contributed by atoms with Crippen molar-refractivity contribution in [2.45, 2.75) is 102 Å². The van der Waals surface area contributed by atoms with Crippen molar-refractivity contribution < 1.29 is 0 Å². The highest BCUT2D eigenvalue weighted by Gasteiger charge is 2.41. The zero-order valence-corrected chi connectivity index (χ0v) is 17.8. The molecule has 148 valence electrons. The van der Waals surface area contributed by atoms with Gasteiger partial charge in [-0.1, -0.05) is 37.8 Å². The lowest BCUT2D eigenvalue weighted by atomic mass is 9.78. The molecule has 4 heteroatoms. The van der Waals surface area contributed by atoms with E-state index in [4.69, 9.17) is 12.2 Å². The van der Waals surface area contributed by atoms with Gasteiger partial charge in [-0.25, -0.2) is 0 Å². The summed E-state index contributed by atoms with van der Waals surface area (Å²) in [4.78, 5) is 2.95.